The summed E-state index contributed by atoms with van der Waals surface area (Å²) in [5, 5.41) is -0.198. The van der Waals surface area contributed by atoms with Crippen LogP contribution in [0.2, 0.25) is 0 Å². The first-order chi connectivity index (χ1) is 11.0. The zero-order valence-corrected chi connectivity index (χ0v) is 16.0. The molecule has 6 heteroatoms. The van der Waals surface area contributed by atoms with Crippen LogP contribution in [0.5, 0.6) is 5.75 Å². The third-order valence-corrected chi connectivity index (χ3v) is 5.19. The molecule has 2 amide bonds. The van der Waals surface area contributed by atoms with Crippen molar-refractivity contribution < 1.29 is 14.3 Å². The zero-order valence-electron chi connectivity index (χ0n) is 13.0. The Kier molecular flexibility index (Phi) is 6.29. The number of hydrogen-bond acceptors (Lipinski definition) is 4. The van der Waals surface area contributed by atoms with E-state index in [4.69, 9.17) is 4.74 Å². The molecule has 4 nitrogen and oxygen atoms in total. The van der Waals surface area contributed by atoms with Crippen molar-refractivity contribution in [3.8, 4) is 5.75 Å². The fourth-order valence-electron chi connectivity index (χ4n) is 2.07. The lowest BCUT2D eigenvalue weighted by molar-refractivity contribution is -0.124. The topological polar surface area (TPSA) is 46.6 Å². The fraction of sp³-hybridized carbons (Fsp3) is 0.294. The first-order valence-electron chi connectivity index (χ1n) is 7.28. The molecule has 0 aliphatic carbocycles. The number of rotatable bonds is 6. The first kappa shape index (κ1) is 18.1. The van der Waals surface area contributed by atoms with Crippen molar-refractivity contribution in [3.05, 3.63) is 44.9 Å². The van der Waals surface area contributed by atoms with E-state index < -0.39 is 0 Å². The Balaban J connectivity index is 2.22. The highest BCUT2D eigenvalue weighted by Gasteiger charge is 2.37. The number of amides is 2. The molecule has 1 aromatic rings. The van der Waals surface area contributed by atoms with Crippen molar-refractivity contribution in [1.29, 1.82) is 0 Å². The summed E-state index contributed by atoms with van der Waals surface area (Å²) in [6.45, 7) is 7.91. The van der Waals surface area contributed by atoms with Crippen LogP contribution in [0.15, 0.2) is 35.8 Å². The molecular formula is C17H18INO3S. The number of hydrogen-bond donors (Lipinski definition) is 0. The molecule has 1 aliphatic heterocycles. The molecule has 0 bridgehead atoms. The average Bonchev–Trinajstić information content (AvgIpc) is 2.80. The average molecular weight is 443 g/mol. The second kappa shape index (κ2) is 8.01. The molecule has 1 saturated heterocycles. The molecule has 0 spiro atoms. The number of carbonyl (C=O) groups excluding carboxylic acids is 2. The SMILES string of the molecule is C=CCOc1ccc(/C=C2/SC(=O)N([C@H](C)CC)C2=O)cc1I. The van der Waals surface area contributed by atoms with Crippen molar-refractivity contribution in [1.82, 2.24) is 4.90 Å². The van der Waals surface area contributed by atoms with E-state index in [0.717, 1.165) is 33.1 Å². The Hall–Kier alpha value is -1.28. The van der Waals surface area contributed by atoms with Crippen LogP contribution in [-0.4, -0.2) is 28.7 Å². The van der Waals surface area contributed by atoms with Crippen LogP contribution >= 0.6 is 34.4 Å². The summed E-state index contributed by atoms with van der Waals surface area (Å²) >= 11 is 3.18. The van der Waals surface area contributed by atoms with E-state index in [1.54, 1.807) is 12.2 Å². The number of halogens is 1. The monoisotopic (exact) mass is 443 g/mol. The second-order valence-electron chi connectivity index (χ2n) is 5.10. The summed E-state index contributed by atoms with van der Waals surface area (Å²) in [6, 6.07) is 5.58. The van der Waals surface area contributed by atoms with Crippen LogP contribution in [0.25, 0.3) is 6.08 Å². The van der Waals surface area contributed by atoms with Gasteiger partial charge in [0.25, 0.3) is 11.1 Å². The molecule has 0 unspecified atom stereocenters. The molecule has 0 radical (unpaired) electrons. The van der Waals surface area contributed by atoms with E-state index >= 15 is 0 Å². The molecule has 0 aromatic heterocycles. The van der Waals surface area contributed by atoms with E-state index in [-0.39, 0.29) is 17.2 Å². The largest absolute Gasteiger partial charge is 0.488 e. The summed E-state index contributed by atoms with van der Waals surface area (Å²) in [4.78, 5) is 26.2. The van der Waals surface area contributed by atoms with Gasteiger partial charge in [0.15, 0.2) is 0 Å². The highest BCUT2D eigenvalue weighted by molar-refractivity contribution is 14.1. The van der Waals surface area contributed by atoms with Gasteiger partial charge in [0.1, 0.15) is 12.4 Å². The molecule has 1 aromatic carbocycles. The van der Waals surface area contributed by atoms with Crippen LogP contribution in [0.1, 0.15) is 25.8 Å². The summed E-state index contributed by atoms with van der Waals surface area (Å²) in [7, 11) is 0. The molecule has 1 heterocycles. The Bertz CT molecular complexity index is 672. The molecule has 2 rings (SSSR count). The quantitative estimate of drug-likeness (QED) is 0.364. The van der Waals surface area contributed by atoms with Gasteiger partial charge in [-0.25, -0.2) is 0 Å². The minimum absolute atomic E-state index is 0.0804. The molecule has 1 aliphatic rings. The van der Waals surface area contributed by atoms with Gasteiger partial charge < -0.3 is 4.74 Å². The Morgan fingerprint density at radius 2 is 2.17 bits per heavy atom. The van der Waals surface area contributed by atoms with Crippen molar-refractivity contribution >= 4 is 51.6 Å². The zero-order chi connectivity index (χ0) is 17.0. The lowest BCUT2D eigenvalue weighted by Crippen LogP contribution is -2.36. The maximum absolute atomic E-state index is 12.4. The fourth-order valence-corrected chi connectivity index (χ4v) is 3.69. The third kappa shape index (κ3) is 4.17. The van der Waals surface area contributed by atoms with Gasteiger partial charge in [-0.1, -0.05) is 25.6 Å². The van der Waals surface area contributed by atoms with Gasteiger partial charge in [-0.05, 0) is 71.5 Å². The van der Waals surface area contributed by atoms with E-state index in [0.29, 0.717) is 11.5 Å². The predicted octanol–water partition coefficient (Wildman–Crippen LogP) is 4.69. The Morgan fingerprint density at radius 3 is 2.78 bits per heavy atom. The minimum atomic E-state index is -0.212. The molecule has 122 valence electrons. The molecule has 0 N–H and O–H groups in total. The van der Waals surface area contributed by atoms with Crippen molar-refractivity contribution in [3.63, 3.8) is 0 Å². The van der Waals surface area contributed by atoms with Crippen LogP contribution < -0.4 is 4.74 Å². The number of thioether (sulfide) groups is 1. The van der Waals surface area contributed by atoms with Crippen molar-refractivity contribution in [2.75, 3.05) is 6.61 Å². The van der Waals surface area contributed by atoms with Crippen LogP contribution in [0, 0.1) is 3.57 Å². The Morgan fingerprint density at radius 1 is 1.43 bits per heavy atom. The van der Waals surface area contributed by atoms with E-state index in [1.807, 2.05) is 32.0 Å². The first-order valence-corrected chi connectivity index (χ1v) is 9.17. The van der Waals surface area contributed by atoms with Crippen molar-refractivity contribution in [2.24, 2.45) is 0 Å². The van der Waals surface area contributed by atoms with Gasteiger partial charge in [-0.3, -0.25) is 14.5 Å². The highest BCUT2D eigenvalue weighted by Crippen LogP contribution is 2.34. The number of ether oxygens (including phenoxy) is 1. The molecule has 23 heavy (non-hydrogen) atoms. The summed E-state index contributed by atoms with van der Waals surface area (Å²) in [6.07, 6.45) is 4.19. The lowest BCUT2D eigenvalue weighted by Gasteiger charge is -2.19. The van der Waals surface area contributed by atoms with Gasteiger partial charge >= 0.3 is 0 Å². The van der Waals surface area contributed by atoms with Crippen LogP contribution in [-0.2, 0) is 4.79 Å². The van der Waals surface area contributed by atoms with Crippen LogP contribution in [0.4, 0.5) is 4.79 Å². The number of imide groups is 1. The smallest absolute Gasteiger partial charge is 0.293 e. The van der Waals surface area contributed by atoms with Gasteiger partial charge in [-0.2, -0.15) is 0 Å². The number of benzene rings is 1. The van der Waals surface area contributed by atoms with Crippen LogP contribution in [0.3, 0.4) is 0 Å². The number of carbonyl (C=O) groups is 2. The summed E-state index contributed by atoms with van der Waals surface area (Å²) < 4.78 is 6.48. The van der Waals surface area contributed by atoms with E-state index in [2.05, 4.69) is 29.2 Å². The third-order valence-electron chi connectivity index (χ3n) is 3.47. The molecule has 0 saturated carbocycles. The maximum Gasteiger partial charge on any atom is 0.293 e. The standard InChI is InChI=1S/C17H18INO3S/c1-4-8-22-14-7-6-12(9-13(14)18)10-15-16(20)19(11(3)5-2)17(21)23-15/h4,6-7,9-11H,1,5,8H2,2-3H3/b15-10+/t11-/m1/s1. The van der Waals surface area contributed by atoms with Gasteiger partial charge in [0, 0.05) is 6.04 Å². The van der Waals surface area contributed by atoms with Gasteiger partial charge in [-0.15, -0.1) is 0 Å². The second-order valence-corrected chi connectivity index (χ2v) is 7.25. The highest BCUT2D eigenvalue weighted by atomic mass is 127. The minimum Gasteiger partial charge on any atom is -0.488 e. The predicted molar refractivity (Wildman–Crippen MR) is 102 cm³/mol. The van der Waals surface area contributed by atoms with E-state index in [9.17, 15) is 9.59 Å². The number of nitrogens with zero attached hydrogens (tertiary/aromatic N) is 1. The molecule has 1 atom stereocenters. The van der Waals surface area contributed by atoms with Gasteiger partial charge in [0.2, 0.25) is 0 Å². The summed E-state index contributed by atoms with van der Waals surface area (Å²) in [5.74, 6) is 0.562. The van der Waals surface area contributed by atoms with Crippen molar-refractivity contribution in [2.45, 2.75) is 26.3 Å². The van der Waals surface area contributed by atoms with E-state index in [1.165, 1.54) is 4.90 Å². The van der Waals surface area contributed by atoms with Gasteiger partial charge in [0.05, 0.1) is 8.48 Å². The molecular weight excluding hydrogens is 425 g/mol. The molecule has 1 fully saturated rings. The Labute approximate surface area is 154 Å². The summed E-state index contributed by atoms with van der Waals surface area (Å²) in [5.41, 5.74) is 0.870. The lowest BCUT2D eigenvalue weighted by atomic mass is 10.2. The maximum atomic E-state index is 12.4. The normalized spacial score (nSPS) is 17.7.